The molecule has 2 saturated carbocycles. The summed E-state index contributed by atoms with van der Waals surface area (Å²) >= 11 is -2.02. The fourth-order valence-corrected chi connectivity index (χ4v) is 16.7. The van der Waals surface area contributed by atoms with Crippen LogP contribution in [-0.4, -0.2) is 33.5 Å². The van der Waals surface area contributed by atoms with E-state index >= 15 is 0 Å². The molecule has 2 aliphatic rings. The molecule has 2 aromatic rings. The summed E-state index contributed by atoms with van der Waals surface area (Å²) in [6.45, 7) is 3.47. The van der Waals surface area contributed by atoms with Gasteiger partial charge in [-0.05, 0) is 0 Å². The molecular weight excluding hydrogens is 399 g/mol. The SMILES string of the molecule is COC[C@@]1(C)[C@@H]2CC[C@@H](C2)[C@H]1[Sn]([c]1ccccc1)[c]1ccccc1. The molecule has 1 nitrogen and oxygen atoms in total. The number of benzene rings is 2. The van der Waals surface area contributed by atoms with E-state index in [4.69, 9.17) is 4.74 Å². The van der Waals surface area contributed by atoms with Crippen LogP contribution in [0.3, 0.4) is 0 Å². The summed E-state index contributed by atoms with van der Waals surface area (Å²) in [4.78, 5) is 0. The topological polar surface area (TPSA) is 9.23 Å². The molecule has 2 aliphatic carbocycles. The minimum absolute atomic E-state index is 0.373. The number of methoxy groups -OCH3 is 1. The first kappa shape index (κ1) is 16.7. The van der Waals surface area contributed by atoms with Crippen molar-refractivity contribution in [2.24, 2.45) is 17.3 Å². The molecule has 2 bridgehead atoms. The number of fused-ring (bicyclic) bond motifs is 2. The van der Waals surface area contributed by atoms with E-state index in [1.54, 1.807) is 7.16 Å². The van der Waals surface area contributed by atoms with Crippen molar-refractivity contribution in [1.29, 1.82) is 0 Å². The molecule has 0 spiro atoms. The molecule has 0 aromatic heterocycles. The van der Waals surface area contributed by atoms with Crippen LogP contribution in [-0.2, 0) is 4.74 Å². The van der Waals surface area contributed by atoms with Gasteiger partial charge in [-0.15, -0.1) is 0 Å². The van der Waals surface area contributed by atoms with Gasteiger partial charge in [0.2, 0.25) is 0 Å². The second kappa shape index (κ2) is 6.84. The Morgan fingerprint density at radius 2 is 1.54 bits per heavy atom. The van der Waals surface area contributed by atoms with E-state index in [1.807, 2.05) is 7.11 Å². The van der Waals surface area contributed by atoms with E-state index in [2.05, 4.69) is 67.6 Å². The monoisotopic (exact) mass is 427 g/mol. The van der Waals surface area contributed by atoms with Crippen LogP contribution < -0.4 is 7.16 Å². The molecular formula is C22H27OSn. The quantitative estimate of drug-likeness (QED) is 0.663. The molecule has 2 aromatic carbocycles. The molecule has 0 N–H and O–H groups in total. The van der Waals surface area contributed by atoms with Gasteiger partial charge in [0.05, 0.1) is 0 Å². The second-order valence-electron chi connectivity index (χ2n) is 7.83. The molecule has 0 unspecified atom stereocenters. The maximum atomic E-state index is 5.77. The molecule has 4 atom stereocenters. The van der Waals surface area contributed by atoms with Crippen LogP contribution in [0.15, 0.2) is 60.7 Å². The van der Waals surface area contributed by atoms with Crippen LogP contribution in [0, 0.1) is 17.3 Å². The third-order valence-corrected chi connectivity index (χ3v) is 17.0. The van der Waals surface area contributed by atoms with Crippen LogP contribution in [0.5, 0.6) is 0 Å². The molecule has 0 heterocycles. The first-order valence-corrected chi connectivity index (χ1v) is 13.7. The Balaban J connectivity index is 1.81. The van der Waals surface area contributed by atoms with Crippen molar-refractivity contribution in [2.45, 2.75) is 30.1 Å². The van der Waals surface area contributed by atoms with Gasteiger partial charge < -0.3 is 0 Å². The van der Waals surface area contributed by atoms with Gasteiger partial charge in [0.25, 0.3) is 0 Å². The standard InChI is InChI=1S/C10H17O.2C6H5.Sn/c1-10(7-11-2)6-8-3-4-9(10)5-8;2*1-2-4-6-5-3-1;/h6,8-9H,3-5,7H2,1-2H3;2*1-5H;/t8-,9+,10-;;;/m0.../s1. The number of hydrogen-bond donors (Lipinski definition) is 0. The van der Waals surface area contributed by atoms with E-state index in [1.165, 1.54) is 19.3 Å². The summed E-state index contributed by atoms with van der Waals surface area (Å²) < 4.78 is 9.95. The molecule has 0 aliphatic heterocycles. The molecule has 2 heteroatoms. The Morgan fingerprint density at radius 3 is 2.08 bits per heavy atom. The first-order chi connectivity index (χ1) is 11.7. The van der Waals surface area contributed by atoms with Crippen LogP contribution in [0.2, 0.25) is 3.93 Å². The summed E-state index contributed by atoms with van der Waals surface area (Å²) in [5.41, 5.74) is 0.373. The van der Waals surface area contributed by atoms with Crippen molar-refractivity contribution in [3.8, 4) is 0 Å². The molecule has 125 valence electrons. The van der Waals surface area contributed by atoms with Crippen molar-refractivity contribution < 1.29 is 4.74 Å². The second-order valence-corrected chi connectivity index (χ2v) is 15.3. The van der Waals surface area contributed by atoms with Crippen molar-refractivity contribution >= 4 is 26.9 Å². The zero-order valence-electron chi connectivity index (χ0n) is 14.7. The molecule has 24 heavy (non-hydrogen) atoms. The third kappa shape index (κ3) is 2.74. The molecule has 0 amide bonds. The van der Waals surface area contributed by atoms with E-state index in [0.29, 0.717) is 5.41 Å². The van der Waals surface area contributed by atoms with Crippen molar-refractivity contribution in [3.63, 3.8) is 0 Å². The Morgan fingerprint density at radius 1 is 0.958 bits per heavy atom. The van der Waals surface area contributed by atoms with Crippen molar-refractivity contribution in [2.75, 3.05) is 13.7 Å². The van der Waals surface area contributed by atoms with E-state index in [0.717, 1.165) is 22.4 Å². The summed E-state index contributed by atoms with van der Waals surface area (Å²) in [7, 11) is 1.89. The summed E-state index contributed by atoms with van der Waals surface area (Å²) in [6, 6.07) is 22.9. The summed E-state index contributed by atoms with van der Waals surface area (Å²) in [5, 5.41) is 0. The maximum absolute atomic E-state index is 5.77. The number of ether oxygens (including phenoxy) is 1. The van der Waals surface area contributed by atoms with E-state index < -0.39 is 19.8 Å². The Kier molecular flexibility index (Phi) is 4.74. The zero-order valence-corrected chi connectivity index (χ0v) is 17.6. The normalized spacial score (nSPS) is 31.7. The van der Waals surface area contributed by atoms with Gasteiger partial charge in [-0.3, -0.25) is 0 Å². The van der Waals surface area contributed by atoms with Crippen LogP contribution >= 0.6 is 0 Å². The van der Waals surface area contributed by atoms with Crippen molar-refractivity contribution in [3.05, 3.63) is 60.7 Å². The zero-order chi connectivity index (χ0) is 16.6. The van der Waals surface area contributed by atoms with Gasteiger partial charge in [0.15, 0.2) is 0 Å². The Bertz CT molecular complexity index is 631. The van der Waals surface area contributed by atoms with Gasteiger partial charge in [0.1, 0.15) is 0 Å². The van der Waals surface area contributed by atoms with Crippen LogP contribution in [0.1, 0.15) is 26.2 Å². The van der Waals surface area contributed by atoms with Gasteiger partial charge in [-0.25, -0.2) is 0 Å². The van der Waals surface area contributed by atoms with Gasteiger partial charge in [-0.2, -0.15) is 0 Å². The predicted octanol–water partition coefficient (Wildman–Crippen LogP) is 3.75. The molecule has 4 rings (SSSR count). The van der Waals surface area contributed by atoms with Crippen LogP contribution in [0.4, 0.5) is 0 Å². The fraction of sp³-hybridized carbons (Fsp3) is 0.455. The average molecular weight is 426 g/mol. The molecule has 0 saturated heterocycles. The number of hydrogen-bond acceptors (Lipinski definition) is 1. The van der Waals surface area contributed by atoms with E-state index in [-0.39, 0.29) is 0 Å². The first-order valence-electron chi connectivity index (χ1n) is 9.20. The Hall–Kier alpha value is -0.801. The predicted molar refractivity (Wildman–Crippen MR) is 102 cm³/mol. The molecule has 1 radical (unpaired) electrons. The summed E-state index contributed by atoms with van der Waals surface area (Å²) in [6.07, 6.45) is 4.30. The fourth-order valence-electron chi connectivity index (χ4n) is 5.56. The number of rotatable bonds is 5. The van der Waals surface area contributed by atoms with E-state index in [9.17, 15) is 0 Å². The molecule has 2 fully saturated rings. The van der Waals surface area contributed by atoms with Gasteiger partial charge in [0, 0.05) is 0 Å². The average Bonchev–Trinajstić information content (AvgIpc) is 3.19. The third-order valence-electron chi connectivity index (χ3n) is 6.52. The Labute approximate surface area is 153 Å². The van der Waals surface area contributed by atoms with Gasteiger partial charge in [-0.1, -0.05) is 0 Å². The summed E-state index contributed by atoms with van der Waals surface area (Å²) in [5.74, 6) is 1.79. The van der Waals surface area contributed by atoms with Crippen molar-refractivity contribution in [1.82, 2.24) is 0 Å². The minimum atomic E-state index is -2.02. The van der Waals surface area contributed by atoms with Crippen LogP contribution in [0.25, 0.3) is 0 Å². The van der Waals surface area contributed by atoms with Gasteiger partial charge >= 0.3 is 153 Å².